The molecule has 0 aliphatic carbocycles. The summed E-state index contributed by atoms with van der Waals surface area (Å²) in [6.07, 6.45) is 0.274. The van der Waals surface area contributed by atoms with Crippen molar-refractivity contribution in [3.05, 3.63) is 70.2 Å². The van der Waals surface area contributed by atoms with Crippen LogP contribution in [-0.4, -0.2) is 0 Å². The van der Waals surface area contributed by atoms with Gasteiger partial charge in [0, 0.05) is 6.04 Å². The summed E-state index contributed by atoms with van der Waals surface area (Å²) in [5.74, 6) is -0.835. The molecular weight excluding hydrogens is 256 g/mol. The average Bonchev–Trinajstić information content (AvgIpc) is 2.35. The van der Waals surface area contributed by atoms with Gasteiger partial charge in [-0.1, -0.05) is 41.9 Å². The molecule has 0 aromatic heterocycles. The van der Waals surface area contributed by atoms with Gasteiger partial charge in [-0.15, -0.1) is 0 Å². The van der Waals surface area contributed by atoms with Crippen molar-refractivity contribution in [1.82, 2.24) is 0 Å². The van der Waals surface area contributed by atoms with Crippen molar-refractivity contribution in [1.29, 1.82) is 0 Å². The van der Waals surface area contributed by atoms with Gasteiger partial charge in [0.1, 0.15) is 11.6 Å². The zero-order valence-electron chi connectivity index (χ0n) is 9.54. The molecule has 2 rings (SSSR count). The Morgan fingerprint density at radius 2 is 1.67 bits per heavy atom. The molecule has 2 N–H and O–H groups in total. The predicted octanol–water partition coefficient (Wildman–Crippen LogP) is 3.86. The Morgan fingerprint density at radius 1 is 1.00 bits per heavy atom. The fourth-order valence-corrected chi connectivity index (χ4v) is 2.08. The molecule has 18 heavy (non-hydrogen) atoms. The van der Waals surface area contributed by atoms with Gasteiger partial charge in [0.25, 0.3) is 0 Å². The summed E-state index contributed by atoms with van der Waals surface area (Å²) < 4.78 is 26.8. The highest BCUT2D eigenvalue weighted by Gasteiger charge is 2.15. The van der Waals surface area contributed by atoms with Gasteiger partial charge in [0.05, 0.1) is 5.02 Å². The van der Waals surface area contributed by atoms with Crippen LogP contribution in [0.4, 0.5) is 8.78 Å². The van der Waals surface area contributed by atoms with Crippen molar-refractivity contribution < 1.29 is 8.78 Å². The van der Waals surface area contributed by atoms with Crippen LogP contribution in [-0.2, 0) is 6.42 Å². The lowest BCUT2D eigenvalue weighted by Gasteiger charge is -2.14. The molecule has 0 radical (unpaired) electrons. The van der Waals surface area contributed by atoms with Gasteiger partial charge < -0.3 is 5.73 Å². The maximum absolute atomic E-state index is 13.5. The van der Waals surface area contributed by atoms with Crippen LogP contribution in [0.5, 0.6) is 0 Å². The van der Waals surface area contributed by atoms with E-state index in [2.05, 4.69) is 0 Å². The van der Waals surface area contributed by atoms with Gasteiger partial charge in [0.15, 0.2) is 0 Å². The minimum atomic E-state index is -0.537. The van der Waals surface area contributed by atoms with Crippen molar-refractivity contribution in [3.8, 4) is 0 Å². The van der Waals surface area contributed by atoms with E-state index in [9.17, 15) is 8.78 Å². The summed E-state index contributed by atoms with van der Waals surface area (Å²) in [7, 11) is 0. The zero-order valence-corrected chi connectivity index (χ0v) is 10.3. The van der Waals surface area contributed by atoms with Crippen LogP contribution < -0.4 is 5.73 Å². The van der Waals surface area contributed by atoms with Gasteiger partial charge in [-0.3, -0.25) is 0 Å². The van der Waals surface area contributed by atoms with Crippen LogP contribution in [0.15, 0.2) is 42.5 Å². The van der Waals surface area contributed by atoms with E-state index in [0.29, 0.717) is 11.1 Å². The van der Waals surface area contributed by atoms with Crippen LogP contribution in [0.3, 0.4) is 0 Å². The third-order valence-corrected chi connectivity index (χ3v) is 3.18. The Morgan fingerprint density at radius 3 is 2.39 bits per heavy atom. The molecule has 1 unspecified atom stereocenters. The lowest BCUT2D eigenvalue weighted by Crippen LogP contribution is -2.15. The first-order chi connectivity index (χ1) is 8.59. The maximum atomic E-state index is 13.5. The summed E-state index contributed by atoms with van der Waals surface area (Å²) >= 11 is 5.85. The summed E-state index contributed by atoms with van der Waals surface area (Å²) in [5.41, 5.74) is 6.92. The molecule has 0 fully saturated rings. The number of benzene rings is 2. The molecule has 0 saturated heterocycles. The quantitative estimate of drug-likeness (QED) is 0.898. The Balaban J connectivity index is 2.25. The third-order valence-electron chi connectivity index (χ3n) is 2.78. The standard InChI is InChI=1S/C14H12ClF2N/c15-14-10(5-3-7-12(14)17)13(18)8-9-4-1-2-6-11(9)16/h1-7,13H,8,18H2. The molecule has 0 spiro atoms. The normalized spacial score (nSPS) is 12.4. The number of halogens is 3. The lowest BCUT2D eigenvalue weighted by atomic mass is 9.99. The molecule has 0 saturated carbocycles. The summed E-state index contributed by atoms with van der Waals surface area (Å²) in [6.45, 7) is 0. The third kappa shape index (κ3) is 2.68. The maximum Gasteiger partial charge on any atom is 0.142 e. The Labute approximate surface area is 109 Å². The predicted molar refractivity (Wildman–Crippen MR) is 68.4 cm³/mol. The van der Waals surface area contributed by atoms with E-state index in [0.717, 1.165) is 0 Å². The number of hydrogen-bond acceptors (Lipinski definition) is 1. The molecule has 94 valence electrons. The second-order valence-corrected chi connectivity index (χ2v) is 4.42. The van der Waals surface area contributed by atoms with E-state index in [1.165, 1.54) is 18.2 Å². The Hall–Kier alpha value is -1.45. The molecule has 1 atom stereocenters. The van der Waals surface area contributed by atoms with Gasteiger partial charge in [0.2, 0.25) is 0 Å². The first-order valence-electron chi connectivity index (χ1n) is 5.52. The highest BCUT2D eigenvalue weighted by atomic mass is 35.5. The first-order valence-corrected chi connectivity index (χ1v) is 5.90. The topological polar surface area (TPSA) is 26.0 Å². The van der Waals surface area contributed by atoms with Crippen LogP contribution in [0.25, 0.3) is 0 Å². The van der Waals surface area contributed by atoms with E-state index in [4.69, 9.17) is 17.3 Å². The van der Waals surface area contributed by atoms with Crippen molar-refractivity contribution in [2.75, 3.05) is 0 Å². The van der Waals surface area contributed by atoms with Gasteiger partial charge in [-0.05, 0) is 29.7 Å². The second kappa shape index (κ2) is 5.46. The van der Waals surface area contributed by atoms with Crippen LogP contribution in [0.1, 0.15) is 17.2 Å². The number of nitrogens with two attached hydrogens (primary N) is 1. The molecule has 0 heterocycles. The van der Waals surface area contributed by atoms with Crippen molar-refractivity contribution in [2.24, 2.45) is 5.73 Å². The van der Waals surface area contributed by atoms with E-state index in [1.54, 1.807) is 24.3 Å². The minimum absolute atomic E-state index is 0.00124. The number of hydrogen-bond donors (Lipinski definition) is 1. The van der Waals surface area contributed by atoms with Crippen LogP contribution in [0.2, 0.25) is 5.02 Å². The minimum Gasteiger partial charge on any atom is -0.324 e. The highest BCUT2D eigenvalue weighted by molar-refractivity contribution is 6.31. The fourth-order valence-electron chi connectivity index (χ4n) is 1.82. The largest absolute Gasteiger partial charge is 0.324 e. The highest BCUT2D eigenvalue weighted by Crippen LogP contribution is 2.26. The summed E-state index contributed by atoms with van der Waals surface area (Å²) in [6, 6.07) is 10.3. The SMILES string of the molecule is NC(Cc1ccccc1F)c1cccc(F)c1Cl. The van der Waals surface area contributed by atoms with Crippen LogP contribution >= 0.6 is 11.6 Å². The molecule has 0 amide bonds. The lowest BCUT2D eigenvalue weighted by molar-refractivity contribution is 0.589. The van der Waals surface area contributed by atoms with E-state index in [1.807, 2.05) is 0 Å². The van der Waals surface area contributed by atoms with E-state index in [-0.39, 0.29) is 17.3 Å². The second-order valence-electron chi connectivity index (χ2n) is 4.05. The average molecular weight is 268 g/mol. The summed E-state index contributed by atoms with van der Waals surface area (Å²) in [5, 5.41) is 0.00124. The van der Waals surface area contributed by atoms with Crippen LogP contribution in [0, 0.1) is 11.6 Å². The summed E-state index contributed by atoms with van der Waals surface area (Å²) in [4.78, 5) is 0. The van der Waals surface area contributed by atoms with Crippen molar-refractivity contribution in [3.63, 3.8) is 0 Å². The first kappa shape index (κ1) is 13.0. The molecular formula is C14H12ClF2N. The van der Waals surface area contributed by atoms with E-state index < -0.39 is 11.9 Å². The Bertz CT molecular complexity index is 557. The molecule has 2 aromatic rings. The Kier molecular flexibility index (Phi) is 3.94. The monoisotopic (exact) mass is 267 g/mol. The molecule has 0 aliphatic rings. The van der Waals surface area contributed by atoms with Gasteiger partial charge >= 0.3 is 0 Å². The molecule has 2 aromatic carbocycles. The molecule has 0 aliphatic heterocycles. The molecule has 4 heteroatoms. The van der Waals surface area contributed by atoms with E-state index >= 15 is 0 Å². The van der Waals surface area contributed by atoms with Gasteiger partial charge in [-0.2, -0.15) is 0 Å². The van der Waals surface area contributed by atoms with Crippen molar-refractivity contribution in [2.45, 2.75) is 12.5 Å². The molecule has 1 nitrogen and oxygen atoms in total. The zero-order chi connectivity index (χ0) is 13.1. The van der Waals surface area contributed by atoms with Crippen molar-refractivity contribution >= 4 is 11.6 Å². The smallest absolute Gasteiger partial charge is 0.142 e. The number of rotatable bonds is 3. The molecule has 0 bridgehead atoms. The van der Waals surface area contributed by atoms with Gasteiger partial charge in [-0.25, -0.2) is 8.78 Å². The fraction of sp³-hybridized carbons (Fsp3) is 0.143.